The van der Waals surface area contributed by atoms with Crippen LogP contribution in [-0.4, -0.2) is 22.0 Å². The number of hydrogen-bond donors (Lipinski definition) is 2. The highest BCUT2D eigenvalue weighted by Gasteiger charge is 2.20. The van der Waals surface area contributed by atoms with E-state index in [-0.39, 0.29) is 11.6 Å². The minimum absolute atomic E-state index is 0.01000. The third-order valence-corrected chi connectivity index (χ3v) is 4.01. The number of nitrogens with zero attached hydrogens (tertiary/aromatic N) is 2. The zero-order chi connectivity index (χ0) is 19.7. The lowest BCUT2D eigenvalue weighted by Crippen LogP contribution is -2.14. The van der Waals surface area contributed by atoms with Gasteiger partial charge in [-0.15, -0.1) is 0 Å². The van der Waals surface area contributed by atoms with Crippen LogP contribution in [-0.2, 0) is 4.79 Å². The highest BCUT2D eigenvalue weighted by Crippen LogP contribution is 2.26. The average Bonchev–Trinajstić information content (AvgIpc) is 2.97. The smallest absolute Gasteiger partial charge is 0.259 e. The van der Waals surface area contributed by atoms with Gasteiger partial charge in [0.1, 0.15) is 5.82 Å². The molecule has 0 saturated carbocycles. The van der Waals surface area contributed by atoms with Gasteiger partial charge in [-0.1, -0.05) is 19.0 Å². The van der Waals surface area contributed by atoms with Gasteiger partial charge in [-0.05, 0) is 37.1 Å². The molecule has 7 nitrogen and oxygen atoms in total. The number of aromatic nitrogens is 2. The van der Waals surface area contributed by atoms with E-state index < -0.39 is 17.6 Å². The molecule has 1 aromatic carbocycles. The van der Waals surface area contributed by atoms with Gasteiger partial charge in [0.05, 0.1) is 22.3 Å². The second-order valence-corrected chi connectivity index (χ2v) is 6.53. The summed E-state index contributed by atoms with van der Waals surface area (Å²) in [5, 5.41) is 9.52. The van der Waals surface area contributed by atoms with Crippen molar-refractivity contribution < 1.29 is 18.5 Å². The molecule has 0 bridgehead atoms. The molecule has 140 valence electrons. The first-order valence-corrected chi connectivity index (χ1v) is 8.41. The molecule has 0 unspecified atom stereocenters. The van der Waals surface area contributed by atoms with Gasteiger partial charge in [-0.3, -0.25) is 9.59 Å². The number of hydrogen-bond acceptors (Lipinski definition) is 5. The Bertz CT molecular complexity index is 1040. The van der Waals surface area contributed by atoms with Crippen molar-refractivity contribution in [1.29, 1.82) is 0 Å². The molecule has 0 aliphatic rings. The van der Waals surface area contributed by atoms with Crippen molar-refractivity contribution in [3.63, 3.8) is 0 Å². The van der Waals surface area contributed by atoms with E-state index in [2.05, 4.69) is 20.8 Å². The number of amides is 2. The summed E-state index contributed by atoms with van der Waals surface area (Å²) in [5.41, 5.74) is 2.24. The Morgan fingerprint density at radius 1 is 1.19 bits per heavy atom. The molecule has 2 N–H and O–H groups in total. The average molecular weight is 370 g/mol. The van der Waals surface area contributed by atoms with Crippen LogP contribution in [0.3, 0.4) is 0 Å². The van der Waals surface area contributed by atoms with E-state index in [0.29, 0.717) is 33.7 Å². The van der Waals surface area contributed by atoms with Gasteiger partial charge in [-0.2, -0.15) is 0 Å². The Balaban J connectivity index is 1.99. The van der Waals surface area contributed by atoms with Crippen molar-refractivity contribution in [2.75, 3.05) is 10.6 Å². The zero-order valence-electron chi connectivity index (χ0n) is 15.4. The maximum atomic E-state index is 13.8. The van der Waals surface area contributed by atoms with Crippen LogP contribution in [0, 0.1) is 12.7 Å². The number of nitrogens with one attached hydrogen (secondary N) is 2. The van der Waals surface area contributed by atoms with Gasteiger partial charge >= 0.3 is 0 Å². The van der Waals surface area contributed by atoms with E-state index in [1.54, 1.807) is 13.0 Å². The maximum Gasteiger partial charge on any atom is 0.259 e. The number of anilines is 2. The first kappa shape index (κ1) is 18.5. The Morgan fingerprint density at radius 3 is 2.59 bits per heavy atom. The van der Waals surface area contributed by atoms with E-state index in [1.807, 2.05) is 13.8 Å². The predicted molar refractivity (Wildman–Crippen MR) is 99.3 cm³/mol. The molecule has 0 atom stereocenters. The van der Waals surface area contributed by atoms with Crippen LogP contribution in [0.15, 0.2) is 28.8 Å². The van der Waals surface area contributed by atoms with Gasteiger partial charge in [0.25, 0.3) is 11.6 Å². The Labute approximate surface area is 154 Å². The minimum Gasteiger partial charge on any atom is -0.336 e. The third-order valence-electron chi connectivity index (χ3n) is 4.01. The molecule has 27 heavy (non-hydrogen) atoms. The summed E-state index contributed by atoms with van der Waals surface area (Å²) in [4.78, 5) is 28.5. The fourth-order valence-corrected chi connectivity index (χ4v) is 2.68. The van der Waals surface area contributed by atoms with E-state index >= 15 is 0 Å². The van der Waals surface area contributed by atoms with Gasteiger partial charge in [-0.25, -0.2) is 9.37 Å². The molecule has 8 heteroatoms. The second kappa shape index (κ2) is 7.14. The predicted octanol–water partition coefficient (Wildman–Crippen LogP) is 4.00. The summed E-state index contributed by atoms with van der Waals surface area (Å²) in [6, 6.07) is 5.65. The molecular weight excluding hydrogens is 351 g/mol. The first-order chi connectivity index (χ1) is 12.8. The van der Waals surface area contributed by atoms with Crippen molar-refractivity contribution in [2.45, 2.75) is 33.6 Å². The minimum atomic E-state index is -0.591. The number of benzene rings is 1. The summed E-state index contributed by atoms with van der Waals surface area (Å²) in [7, 11) is 0. The molecule has 3 aromatic rings. The second-order valence-electron chi connectivity index (χ2n) is 6.53. The molecule has 0 aliphatic carbocycles. The van der Waals surface area contributed by atoms with Crippen molar-refractivity contribution in [1.82, 2.24) is 10.1 Å². The van der Waals surface area contributed by atoms with Crippen LogP contribution in [0.2, 0.25) is 0 Å². The fraction of sp³-hybridized carbons (Fsp3) is 0.263. The molecule has 2 aromatic heterocycles. The van der Waals surface area contributed by atoms with Crippen LogP contribution < -0.4 is 10.6 Å². The standard InChI is InChI=1S/C19H19FN4O3/c1-9(2)15-8-13(17-10(3)24-27-19(17)23-15)18(26)22-12-5-6-14(20)16(7-12)21-11(4)25/h5-9H,1-4H3,(H,21,25)(H,22,26). The molecular formula is C19H19FN4O3. The van der Waals surface area contributed by atoms with Gasteiger partial charge in [0, 0.05) is 18.3 Å². The molecule has 0 aliphatic heterocycles. The number of rotatable bonds is 4. The van der Waals surface area contributed by atoms with Crippen LogP contribution in [0.1, 0.15) is 48.4 Å². The topological polar surface area (TPSA) is 97.1 Å². The van der Waals surface area contributed by atoms with E-state index in [0.717, 1.165) is 0 Å². The van der Waals surface area contributed by atoms with Crippen molar-refractivity contribution in [3.05, 3.63) is 47.0 Å². The molecule has 0 fully saturated rings. The van der Waals surface area contributed by atoms with Gasteiger partial charge in [0.15, 0.2) is 0 Å². The highest BCUT2D eigenvalue weighted by molar-refractivity contribution is 6.12. The fourth-order valence-electron chi connectivity index (χ4n) is 2.68. The van der Waals surface area contributed by atoms with Crippen LogP contribution in [0.4, 0.5) is 15.8 Å². The van der Waals surface area contributed by atoms with Crippen molar-refractivity contribution >= 4 is 34.3 Å². The number of carbonyl (C=O) groups excluding carboxylic acids is 2. The summed E-state index contributed by atoms with van der Waals surface area (Å²) >= 11 is 0. The van der Waals surface area contributed by atoms with E-state index in [1.165, 1.54) is 25.1 Å². The third kappa shape index (κ3) is 3.79. The largest absolute Gasteiger partial charge is 0.336 e. The number of fused-ring (bicyclic) bond motifs is 1. The maximum absolute atomic E-state index is 13.8. The van der Waals surface area contributed by atoms with Crippen molar-refractivity contribution in [2.24, 2.45) is 0 Å². The SMILES string of the molecule is CC(=O)Nc1cc(NC(=O)c2cc(C(C)C)nc3onc(C)c23)ccc1F. The lowest BCUT2D eigenvalue weighted by Gasteiger charge is -2.11. The molecule has 0 spiro atoms. The molecule has 3 rings (SSSR count). The molecule has 0 saturated heterocycles. The summed E-state index contributed by atoms with van der Waals surface area (Å²) in [6.45, 7) is 6.92. The van der Waals surface area contributed by atoms with E-state index in [4.69, 9.17) is 4.52 Å². The Morgan fingerprint density at radius 2 is 1.93 bits per heavy atom. The first-order valence-electron chi connectivity index (χ1n) is 8.41. The summed E-state index contributed by atoms with van der Waals surface area (Å²) < 4.78 is 19.0. The van der Waals surface area contributed by atoms with E-state index in [9.17, 15) is 14.0 Å². The lowest BCUT2D eigenvalue weighted by atomic mass is 10.0. The Hall–Kier alpha value is -3.29. The number of aryl methyl sites for hydroxylation is 1. The molecule has 2 heterocycles. The van der Waals surface area contributed by atoms with Crippen LogP contribution >= 0.6 is 0 Å². The highest BCUT2D eigenvalue weighted by atomic mass is 19.1. The number of halogens is 1. The quantitative estimate of drug-likeness (QED) is 0.723. The normalized spacial score (nSPS) is 11.0. The molecule has 2 amide bonds. The lowest BCUT2D eigenvalue weighted by molar-refractivity contribution is -0.114. The van der Waals surface area contributed by atoms with Crippen molar-refractivity contribution in [3.8, 4) is 0 Å². The zero-order valence-corrected chi connectivity index (χ0v) is 15.4. The summed E-state index contributed by atoms with van der Waals surface area (Å²) in [6.07, 6.45) is 0. The van der Waals surface area contributed by atoms with Gasteiger partial charge < -0.3 is 15.2 Å². The number of carbonyl (C=O) groups is 2. The van der Waals surface area contributed by atoms with Crippen LogP contribution in [0.5, 0.6) is 0 Å². The summed E-state index contributed by atoms with van der Waals surface area (Å²) in [5.74, 6) is -1.32. The number of pyridine rings is 1. The Kier molecular flexibility index (Phi) is 4.89. The van der Waals surface area contributed by atoms with Crippen LogP contribution in [0.25, 0.3) is 11.1 Å². The molecule has 0 radical (unpaired) electrons. The van der Waals surface area contributed by atoms with Gasteiger partial charge in [0.2, 0.25) is 5.91 Å². The monoisotopic (exact) mass is 370 g/mol.